The molecule has 0 saturated carbocycles. The molecular formula is C21H18ClNOS. The van der Waals surface area contributed by atoms with Crippen molar-refractivity contribution in [3.63, 3.8) is 0 Å². The van der Waals surface area contributed by atoms with Crippen LogP contribution in [0.2, 0.25) is 5.02 Å². The lowest BCUT2D eigenvalue weighted by Crippen LogP contribution is -2.32. The van der Waals surface area contributed by atoms with E-state index >= 15 is 0 Å². The fraction of sp³-hybridized carbons (Fsp3) is 0.143. The topological polar surface area (TPSA) is 12.5 Å². The predicted octanol–water partition coefficient (Wildman–Crippen LogP) is 6.29. The summed E-state index contributed by atoms with van der Waals surface area (Å²) < 4.78 is 6.09. The van der Waals surface area contributed by atoms with Gasteiger partial charge in [0, 0.05) is 21.2 Å². The van der Waals surface area contributed by atoms with Crippen LogP contribution >= 0.6 is 22.9 Å². The molecule has 1 unspecified atom stereocenters. The zero-order valence-electron chi connectivity index (χ0n) is 13.9. The van der Waals surface area contributed by atoms with Crippen molar-refractivity contribution >= 4 is 34.4 Å². The van der Waals surface area contributed by atoms with Gasteiger partial charge in [-0.25, -0.2) is 0 Å². The third-order valence-electron chi connectivity index (χ3n) is 4.33. The summed E-state index contributed by atoms with van der Waals surface area (Å²) in [5.74, 6) is 0.934. The molecule has 0 saturated heterocycles. The molecule has 25 heavy (non-hydrogen) atoms. The number of aryl methyl sites for hydroxylation is 1. The average molecular weight is 368 g/mol. The van der Waals surface area contributed by atoms with E-state index in [0.29, 0.717) is 6.73 Å². The molecule has 0 bridgehead atoms. The number of thiophene rings is 1. The lowest BCUT2D eigenvalue weighted by Gasteiger charge is -2.35. The molecule has 2 heterocycles. The molecule has 0 amide bonds. The largest absolute Gasteiger partial charge is 0.473 e. The van der Waals surface area contributed by atoms with Gasteiger partial charge < -0.3 is 9.64 Å². The Morgan fingerprint density at radius 1 is 1.04 bits per heavy atom. The van der Waals surface area contributed by atoms with E-state index in [-0.39, 0.29) is 6.04 Å². The third kappa shape index (κ3) is 3.44. The Kier molecular flexibility index (Phi) is 4.51. The normalized spacial score (nSPS) is 17.1. The maximum atomic E-state index is 6.09. The van der Waals surface area contributed by atoms with Gasteiger partial charge in [0.05, 0.1) is 6.04 Å². The second-order valence-electron chi connectivity index (χ2n) is 6.08. The minimum Gasteiger partial charge on any atom is -0.473 e. The smallest absolute Gasteiger partial charge is 0.162 e. The molecule has 4 rings (SSSR count). The molecule has 3 aromatic rings. The van der Waals surface area contributed by atoms with E-state index in [1.54, 1.807) is 11.3 Å². The molecule has 1 atom stereocenters. The summed E-state index contributed by atoms with van der Waals surface area (Å²) in [6.07, 6.45) is 2.20. The van der Waals surface area contributed by atoms with Gasteiger partial charge in [-0.2, -0.15) is 0 Å². The number of halogens is 1. The Hall–Kier alpha value is -2.23. The lowest BCUT2D eigenvalue weighted by atomic mass is 10.1. The molecule has 1 aliphatic heterocycles. The van der Waals surface area contributed by atoms with Gasteiger partial charge in [-0.15, -0.1) is 11.3 Å². The Bertz CT molecular complexity index is 869. The van der Waals surface area contributed by atoms with Crippen LogP contribution in [0, 0.1) is 6.92 Å². The fourth-order valence-electron chi connectivity index (χ4n) is 2.96. The zero-order valence-corrected chi connectivity index (χ0v) is 15.4. The van der Waals surface area contributed by atoms with E-state index < -0.39 is 0 Å². The van der Waals surface area contributed by atoms with Crippen molar-refractivity contribution in [2.24, 2.45) is 0 Å². The van der Waals surface area contributed by atoms with Crippen LogP contribution in [-0.4, -0.2) is 6.73 Å². The number of ether oxygens (including phenoxy) is 1. The zero-order chi connectivity index (χ0) is 17.2. The molecule has 2 nitrogen and oxygen atoms in total. The molecule has 0 fully saturated rings. The van der Waals surface area contributed by atoms with Crippen LogP contribution in [0.25, 0.3) is 5.76 Å². The average Bonchev–Trinajstić information content (AvgIpc) is 3.17. The summed E-state index contributed by atoms with van der Waals surface area (Å²) in [5.41, 5.74) is 3.46. The summed E-state index contributed by atoms with van der Waals surface area (Å²) in [6.45, 7) is 2.60. The van der Waals surface area contributed by atoms with Gasteiger partial charge in [0.2, 0.25) is 0 Å². The van der Waals surface area contributed by atoms with Crippen LogP contribution in [0.5, 0.6) is 0 Å². The Morgan fingerprint density at radius 2 is 1.80 bits per heavy atom. The molecular weight excluding hydrogens is 350 g/mol. The molecule has 0 N–H and O–H groups in total. The summed E-state index contributed by atoms with van der Waals surface area (Å²) in [6, 6.07) is 20.8. The van der Waals surface area contributed by atoms with Crippen LogP contribution in [-0.2, 0) is 4.74 Å². The molecule has 1 aromatic heterocycles. The Labute approximate surface area is 156 Å². The highest BCUT2D eigenvalue weighted by atomic mass is 35.5. The van der Waals surface area contributed by atoms with Crippen molar-refractivity contribution in [2.45, 2.75) is 13.0 Å². The molecule has 0 radical (unpaired) electrons. The first-order valence-corrected chi connectivity index (χ1v) is 9.44. The van der Waals surface area contributed by atoms with Crippen molar-refractivity contribution in [2.75, 3.05) is 11.6 Å². The van der Waals surface area contributed by atoms with Crippen LogP contribution in [0.15, 0.2) is 72.1 Å². The molecule has 1 aliphatic rings. The minimum atomic E-state index is 0.145. The van der Waals surface area contributed by atoms with Crippen LogP contribution in [0.1, 0.15) is 22.0 Å². The van der Waals surface area contributed by atoms with Gasteiger partial charge in [-0.1, -0.05) is 47.5 Å². The van der Waals surface area contributed by atoms with Gasteiger partial charge in [-0.05, 0) is 48.7 Å². The quantitative estimate of drug-likeness (QED) is 0.539. The van der Waals surface area contributed by atoms with Crippen molar-refractivity contribution < 1.29 is 4.74 Å². The summed E-state index contributed by atoms with van der Waals surface area (Å²) in [7, 11) is 0. The first kappa shape index (κ1) is 16.2. The van der Waals surface area contributed by atoms with Gasteiger partial charge in [0.1, 0.15) is 5.76 Å². The number of rotatable bonds is 3. The van der Waals surface area contributed by atoms with E-state index in [0.717, 1.165) is 22.0 Å². The third-order valence-corrected chi connectivity index (χ3v) is 5.53. The van der Waals surface area contributed by atoms with E-state index in [1.807, 2.05) is 24.3 Å². The highest BCUT2D eigenvalue weighted by Gasteiger charge is 2.26. The monoisotopic (exact) mass is 367 g/mol. The summed E-state index contributed by atoms with van der Waals surface area (Å²) >= 11 is 7.81. The number of hydrogen-bond donors (Lipinski definition) is 0. The first-order valence-electron chi connectivity index (χ1n) is 8.18. The maximum absolute atomic E-state index is 6.09. The van der Waals surface area contributed by atoms with Crippen LogP contribution in [0.4, 0.5) is 5.69 Å². The Balaban J connectivity index is 1.72. The first-order chi connectivity index (χ1) is 12.2. The number of nitrogens with zero attached hydrogens (tertiary/aromatic N) is 1. The van der Waals surface area contributed by atoms with Crippen molar-refractivity contribution in [1.82, 2.24) is 0 Å². The van der Waals surface area contributed by atoms with Crippen LogP contribution < -0.4 is 4.90 Å². The minimum absolute atomic E-state index is 0.145. The highest BCUT2D eigenvalue weighted by molar-refractivity contribution is 7.10. The number of hydrogen-bond acceptors (Lipinski definition) is 3. The lowest BCUT2D eigenvalue weighted by molar-refractivity contribution is 0.252. The SMILES string of the molecule is Cc1ccc(C2=CC(c3cccs3)N(c3ccc(Cl)cc3)CO2)cc1. The Morgan fingerprint density at radius 3 is 2.48 bits per heavy atom. The van der Waals surface area contributed by atoms with Crippen molar-refractivity contribution in [1.29, 1.82) is 0 Å². The molecule has 0 spiro atoms. The van der Waals surface area contributed by atoms with Crippen molar-refractivity contribution in [3.05, 3.63) is 93.1 Å². The number of benzene rings is 2. The summed E-state index contributed by atoms with van der Waals surface area (Å²) in [5, 5.41) is 2.86. The van der Waals surface area contributed by atoms with E-state index in [4.69, 9.17) is 16.3 Å². The van der Waals surface area contributed by atoms with E-state index in [9.17, 15) is 0 Å². The highest BCUT2D eigenvalue weighted by Crippen LogP contribution is 2.37. The molecule has 4 heteroatoms. The molecule has 126 valence electrons. The van der Waals surface area contributed by atoms with Crippen molar-refractivity contribution in [3.8, 4) is 0 Å². The van der Waals surface area contributed by atoms with E-state index in [1.165, 1.54) is 10.4 Å². The molecule has 2 aromatic carbocycles. The van der Waals surface area contributed by atoms with Crippen LogP contribution in [0.3, 0.4) is 0 Å². The standard InChI is InChI=1S/C21H18ClNOS/c1-15-4-6-16(7-5-15)20-13-19(21-3-2-12-25-21)23(14-24-20)18-10-8-17(22)9-11-18/h2-13,19H,14H2,1H3. The van der Waals surface area contributed by atoms with Gasteiger partial charge in [-0.3, -0.25) is 0 Å². The predicted molar refractivity (Wildman–Crippen MR) is 106 cm³/mol. The maximum Gasteiger partial charge on any atom is 0.162 e. The van der Waals surface area contributed by atoms with Gasteiger partial charge in [0.15, 0.2) is 6.73 Å². The summed E-state index contributed by atoms with van der Waals surface area (Å²) in [4.78, 5) is 3.54. The fourth-order valence-corrected chi connectivity index (χ4v) is 3.89. The van der Waals surface area contributed by atoms with Gasteiger partial charge in [0.25, 0.3) is 0 Å². The second kappa shape index (κ2) is 6.95. The second-order valence-corrected chi connectivity index (χ2v) is 7.49. The van der Waals surface area contributed by atoms with Gasteiger partial charge >= 0.3 is 0 Å². The van der Waals surface area contributed by atoms with E-state index in [2.05, 4.69) is 59.7 Å². The number of anilines is 1. The molecule has 0 aliphatic carbocycles.